The van der Waals surface area contributed by atoms with Crippen LogP contribution in [0.5, 0.6) is 0 Å². The first kappa shape index (κ1) is 14.3. The average molecular weight is 279 g/mol. The minimum atomic E-state index is 0.231. The van der Waals surface area contributed by atoms with Crippen molar-refractivity contribution in [1.82, 2.24) is 15.1 Å². The van der Waals surface area contributed by atoms with Crippen molar-refractivity contribution in [2.75, 3.05) is 45.8 Å². The van der Waals surface area contributed by atoms with E-state index in [0.717, 1.165) is 31.5 Å². The third-order valence-corrected chi connectivity index (χ3v) is 5.07. The largest absolute Gasteiger partial charge is 0.355 e. The van der Waals surface area contributed by atoms with Gasteiger partial charge in [0.15, 0.2) is 0 Å². The molecule has 1 N–H and O–H groups in total. The molecular weight excluding hydrogens is 250 g/mol. The smallest absolute Gasteiger partial charge is 0.234 e. The third kappa shape index (κ3) is 4.45. The van der Waals surface area contributed by atoms with E-state index in [2.05, 4.69) is 15.1 Å². The van der Waals surface area contributed by atoms with Crippen LogP contribution < -0.4 is 5.32 Å². The van der Waals surface area contributed by atoms with Gasteiger partial charge in [0.25, 0.3) is 0 Å². The van der Waals surface area contributed by atoms with Crippen LogP contribution in [0.1, 0.15) is 38.5 Å². The van der Waals surface area contributed by atoms with Gasteiger partial charge in [-0.15, -0.1) is 0 Å². The lowest BCUT2D eigenvalue weighted by Gasteiger charge is -2.33. The van der Waals surface area contributed by atoms with Crippen LogP contribution >= 0.6 is 0 Å². The highest BCUT2D eigenvalue weighted by atomic mass is 16.2. The molecule has 114 valence electrons. The molecule has 2 aliphatic heterocycles. The van der Waals surface area contributed by atoms with Gasteiger partial charge in [0.2, 0.25) is 5.91 Å². The van der Waals surface area contributed by atoms with Gasteiger partial charge < -0.3 is 10.2 Å². The lowest BCUT2D eigenvalue weighted by Crippen LogP contribution is -2.43. The molecule has 3 rings (SSSR count). The summed E-state index contributed by atoms with van der Waals surface area (Å²) < 4.78 is 0. The Labute approximate surface area is 122 Å². The van der Waals surface area contributed by atoms with E-state index in [1.54, 1.807) is 0 Å². The van der Waals surface area contributed by atoms with E-state index in [-0.39, 0.29) is 5.91 Å². The van der Waals surface area contributed by atoms with Crippen molar-refractivity contribution in [3.63, 3.8) is 0 Å². The van der Waals surface area contributed by atoms with E-state index in [1.807, 2.05) is 0 Å². The van der Waals surface area contributed by atoms with Crippen molar-refractivity contribution in [2.24, 2.45) is 11.8 Å². The lowest BCUT2D eigenvalue weighted by molar-refractivity contribution is -0.122. The third-order valence-electron chi connectivity index (χ3n) is 5.07. The molecule has 3 fully saturated rings. The molecule has 0 unspecified atom stereocenters. The predicted molar refractivity (Wildman–Crippen MR) is 80.6 cm³/mol. The molecule has 0 radical (unpaired) electrons. The maximum Gasteiger partial charge on any atom is 0.234 e. The number of likely N-dealkylation sites (tertiary alicyclic amines) is 2. The normalized spacial score (nSPS) is 26.0. The maximum atomic E-state index is 11.8. The predicted octanol–water partition coefficient (Wildman–Crippen LogP) is 1.32. The quantitative estimate of drug-likeness (QED) is 0.796. The Morgan fingerprint density at radius 3 is 2.25 bits per heavy atom. The standard InChI is InChI=1S/C16H29N3O/c20-16(17-11-14-3-4-14)13-19-9-5-15(6-10-19)12-18-7-1-2-8-18/h14-15H,1-13H2,(H,17,20). The first-order chi connectivity index (χ1) is 9.79. The van der Waals surface area contributed by atoms with Crippen molar-refractivity contribution < 1.29 is 4.79 Å². The van der Waals surface area contributed by atoms with E-state index in [4.69, 9.17) is 0 Å². The van der Waals surface area contributed by atoms with Crippen molar-refractivity contribution in [1.29, 1.82) is 0 Å². The number of rotatable bonds is 6. The van der Waals surface area contributed by atoms with E-state index >= 15 is 0 Å². The molecule has 0 aromatic carbocycles. The van der Waals surface area contributed by atoms with Crippen LogP contribution in [0, 0.1) is 11.8 Å². The summed E-state index contributed by atoms with van der Waals surface area (Å²) in [4.78, 5) is 16.8. The summed E-state index contributed by atoms with van der Waals surface area (Å²) in [6, 6.07) is 0. The molecule has 3 aliphatic rings. The van der Waals surface area contributed by atoms with Crippen LogP contribution in [0.2, 0.25) is 0 Å². The molecule has 2 saturated heterocycles. The molecule has 0 aromatic heterocycles. The van der Waals surface area contributed by atoms with Gasteiger partial charge >= 0.3 is 0 Å². The van der Waals surface area contributed by atoms with Crippen LogP contribution in [0.4, 0.5) is 0 Å². The van der Waals surface area contributed by atoms with Gasteiger partial charge in [-0.1, -0.05) is 0 Å². The van der Waals surface area contributed by atoms with Gasteiger partial charge in [0.1, 0.15) is 0 Å². The Kier molecular flexibility index (Phi) is 4.94. The summed E-state index contributed by atoms with van der Waals surface area (Å²) in [5.41, 5.74) is 0. The molecule has 4 nitrogen and oxygen atoms in total. The van der Waals surface area contributed by atoms with Crippen LogP contribution in [-0.2, 0) is 4.79 Å². The molecule has 0 atom stereocenters. The SMILES string of the molecule is O=C(CN1CCC(CN2CCCC2)CC1)NCC1CC1. The number of hydrogen-bond acceptors (Lipinski definition) is 3. The fourth-order valence-electron chi connectivity index (χ4n) is 3.50. The highest BCUT2D eigenvalue weighted by Gasteiger charge is 2.25. The number of amides is 1. The topological polar surface area (TPSA) is 35.6 Å². The van der Waals surface area contributed by atoms with Crippen LogP contribution in [-0.4, -0.2) is 61.5 Å². The summed E-state index contributed by atoms with van der Waals surface area (Å²) in [6.07, 6.45) is 7.93. The van der Waals surface area contributed by atoms with E-state index in [9.17, 15) is 4.79 Å². The Balaban J connectivity index is 1.29. The number of carbonyl (C=O) groups excluding carboxylic acids is 1. The van der Waals surface area contributed by atoms with Crippen LogP contribution in [0.3, 0.4) is 0 Å². The average Bonchev–Trinajstić information content (AvgIpc) is 3.15. The summed E-state index contributed by atoms with van der Waals surface area (Å²) in [5.74, 6) is 1.87. The van der Waals surface area contributed by atoms with Crippen LogP contribution in [0.15, 0.2) is 0 Å². The maximum absolute atomic E-state index is 11.8. The van der Waals surface area contributed by atoms with Crippen molar-refractivity contribution in [3.05, 3.63) is 0 Å². The Morgan fingerprint density at radius 1 is 0.900 bits per heavy atom. The Bertz CT molecular complexity index is 316. The molecular formula is C16H29N3O. The fourth-order valence-corrected chi connectivity index (χ4v) is 3.50. The van der Waals surface area contributed by atoms with Gasteiger partial charge in [-0.25, -0.2) is 0 Å². The minimum Gasteiger partial charge on any atom is -0.355 e. The zero-order valence-corrected chi connectivity index (χ0v) is 12.6. The highest BCUT2D eigenvalue weighted by Crippen LogP contribution is 2.27. The molecule has 1 saturated carbocycles. The van der Waals surface area contributed by atoms with Gasteiger partial charge in [0, 0.05) is 13.1 Å². The first-order valence-electron chi connectivity index (χ1n) is 8.51. The minimum absolute atomic E-state index is 0.231. The molecule has 1 amide bonds. The second-order valence-electron chi connectivity index (χ2n) is 6.97. The Hall–Kier alpha value is -0.610. The number of nitrogens with one attached hydrogen (secondary N) is 1. The zero-order valence-electron chi connectivity index (χ0n) is 12.6. The zero-order chi connectivity index (χ0) is 13.8. The van der Waals surface area contributed by atoms with E-state index < -0.39 is 0 Å². The molecule has 0 spiro atoms. The highest BCUT2D eigenvalue weighted by molar-refractivity contribution is 5.78. The summed E-state index contributed by atoms with van der Waals surface area (Å²) in [6.45, 7) is 7.65. The molecule has 0 aromatic rings. The summed E-state index contributed by atoms with van der Waals surface area (Å²) in [7, 11) is 0. The molecule has 0 bridgehead atoms. The van der Waals surface area contributed by atoms with Gasteiger partial charge in [-0.3, -0.25) is 9.69 Å². The number of carbonyl (C=O) groups is 1. The summed E-state index contributed by atoms with van der Waals surface area (Å²) in [5, 5.41) is 3.07. The summed E-state index contributed by atoms with van der Waals surface area (Å²) >= 11 is 0. The molecule has 2 heterocycles. The van der Waals surface area contributed by atoms with Crippen molar-refractivity contribution >= 4 is 5.91 Å². The number of piperidine rings is 1. The molecule has 4 heteroatoms. The second kappa shape index (κ2) is 6.90. The van der Waals surface area contributed by atoms with E-state index in [1.165, 1.54) is 58.2 Å². The van der Waals surface area contributed by atoms with Gasteiger partial charge in [-0.05, 0) is 76.5 Å². The fraction of sp³-hybridized carbons (Fsp3) is 0.938. The lowest BCUT2D eigenvalue weighted by atomic mass is 9.96. The molecule has 1 aliphatic carbocycles. The number of nitrogens with zero attached hydrogens (tertiary/aromatic N) is 2. The molecule has 20 heavy (non-hydrogen) atoms. The monoisotopic (exact) mass is 279 g/mol. The van der Waals surface area contributed by atoms with Crippen LogP contribution in [0.25, 0.3) is 0 Å². The second-order valence-corrected chi connectivity index (χ2v) is 6.97. The first-order valence-corrected chi connectivity index (χ1v) is 8.51. The van der Waals surface area contributed by atoms with Crippen molar-refractivity contribution in [3.8, 4) is 0 Å². The van der Waals surface area contributed by atoms with Gasteiger partial charge in [0.05, 0.1) is 6.54 Å². The van der Waals surface area contributed by atoms with E-state index in [0.29, 0.717) is 6.54 Å². The Morgan fingerprint density at radius 2 is 1.60 bits per heavy atom. The number of hydrogen-bond donors (Lipinski definition) is 1. The van der Waals surface area contributed by atoms with Crippen molar-refractivity contribution in [2.45, 2.75) is 38.5 Å². The van der Waals surface area contributed by atoms with Gasteiger partial charge in [-0.2, -0.15) is 0 Å².